The fourth-order valence-electron chi connectivity index (χ4n) is 2.81. The van der Waals surface area contributed by atoms with E-state index in [-0.39, 0.29) is 19.8 Å². The van der Waals surface area contributed by atoms with Crippen LogP contribution in [0.5, 0.6) is 0 Å². The number of esters is 3. The molecule has 0 aromatic carbocycles. The van der Waals surface area contributed by atoms with Crippen molar-refractivity contribution in [3.8, 4) is 0 Å². The number of hydrogen-bond donors (Lipinski definition) is 1. The lowest BCUT2D eigenvalue weighted by Crippen LogP contribution is -2.66. The Morgan fingerprint density at radius 3 is 2.07 bits per heavy atom. The molecule has 0 bridgehead atoms. The minimum atomic E-state index is -1.16. The maximum absolute atomic E-state index is 11.8. The SMILES string of the molecule is CC(=O)NC1C(OCCOCCCl)OC(COC(C)=O)C(OC(C)=O)C1OC(C)=O. The molecule has 1 rings (SSSR count). The number of rotatable bonds is 11. The van der Waals surface area contributed by atoms with Gasteiger partial charge in [0.05, 0.1) is 19.8 Å². The fraction of sp³-hybridized carbons (Fsp3) is 0.778. The van der Waals surface area contributed by atoms with Crippen LogP contribution in [0.25, 0.3) is 0 Å². The largest absolute Gasteiger partial charge is 0.463 e. The number of carbonyl (C=O) groups is 4. The van der Waals surface area contributed by atoms with Crippen molar-refractivity contribution in [1.82, 2.24) is 5.32 Å². The van der Waals surface area contributed by atoms with Crippen molar-refractivity contribution in [2.24, 2.45) is 0 Å². The van der Waals surface area contributed by atoms with Gasteiger partial charge in [0.1, 0.15) is 18.8 Å². The number of alkyl halides is 1. The summed E-state index contributed by atoms with van der Waals surface area (Å²) in [6.45, 7) is 5.10. The van der Waals surface area contributed by atoms with Gasteiger partial charge in [-0.2, -0.15) is 0 Å². The summed E-state index contributed by atoms with van der Waals surface area (Å²) < 4.78 is 32.4. The third-order valence-corrected chi connectivity index (χ3v) is 3.96. The highest BCUT2D eigenvalue weighted by molar-refractivity contribution is 6.17. The number of hydrogen-bond acceptors (Lipinski definition) is 10. The molecule has 172 valence electrons. The number of nitrogens with one attached hydrogen (secondary N) is 1. The Labute approximate surface area is 179 Å². The number of halogens is 1. The summed E-state index contributed by atoms with van der Waals surface area (Å²) in [6, 6.07) is -1.00. The molecular formula is C18H28ClNO10. The van der Waals surface area contributed by atoms with Crippen molar-refractivity contribution in [3.63, 3.8) is 0 Å². The van der Waals surface area contributed by atoms with Crippen molar-refractivity contribution < 1.29 is 47.6 Å². The average Bonchev–Trinajstić information content (AvgIpc) is 2.63. The minimum absolute atomic E-state index is 0.0724. The fourth-order valence-corrected chi connectivity index (χ4v) is 2.92. The van der Waals surface area contributed by atoms with E-state index in [0.29, 0.717) is 12.5 Å². The van der Waals surface area contributed by atoms with E-state index in [1.54, 1.807) is 0 Å². The number of amides is 1. The predicted molar refractivity (Wildman–Crippen MR) is 101 cm³/mol. The van der Waals surface area contributed by atoms with Crippen LogP contribution >= 0.6 is 11.6 Å². The Morgan fingerprint density at radius 1 is 0.900 bits per heavy atom. The monoisotopic (exact) mass is 453 g/mol. The molecule has 5 unspecified atom stereocenters. The average molecular weight is 454 g/mol. The Balaban J connectivity index is 3.13. The molecular weight excluding hydrogens is 426 g/mol. The lowest BCUT2D eigenvalue weighted by atomic mass is 9.96. The van der Waals surface area contributed by atoms with Crippen LogP contribution < -0.4 is 5.32 Å². The molecule has 1 fully saturated rings. The maximum Gasteiger partial charge on any atom is 0.303 e. The summed E-state index contributed by atoms with van der Waals surface area (Å²) in [5.74, 6) is -2.07. The summed E-state index contributed by atoms with van der Waals surface area (Å²) in [4.78, 5) is 46.4. The lowest BCUT2D eigenvalue weighted by Gasteiger charge is -2.44. The van der Waals surface area contributed by atoms with E-state index >= 15 is 0 Å². The summed E-state index contributed by atoms with van der Waals surface area (Å²) in [6.07, 6.45) is -4.43. The molecule has 1 aliphatic heterocycles. The zero-order valence-corrected chi connectivity index (χ0v) is 18.1. The van der Waals surface area contributed by atoms with Crippen LogP contribution in [0.3, 0.4) is 0 Å². The van der Waals surface area contributed by atoms with Gasteiger partial charge in [-0.15, -0.1) is 11.6 Å². The van der Waals surface area contributed by atoms with Crippen molar-refractivity contribution in [3.05, 3.63) is 0 Å². The highest BCUT2D eigenvalue weighted by Gasteiger charge is 2.51. The molecule has 1 aliphatic rings. The maximum atomic E-state index is 11.8. The van der Waals surface area contributed by atoms with Gasteiger partial charge < -0.3 is 33.7 Å². The third kappa shape index (κ3) is 9.24. The molecule has 12 heteroatoms. The highest BCUT2D eigenvalue weighted by atomic mass is 35.5. The first-order valence-electron chi connectivity index (χ1n) is 9.31. The molecule has 0 aromatic rings. The molecule has 1 amide bonds. The Bertz CT molecular complexity index is 602. The summed E-state index contributed by atoms with van der Waals surface area (Å²) in [7, 11) is 0. The van der Waals surface area contributed by atoms with E-state index in [1.807, 2.05) is 0 Å². The van der Waals surface area contributed by atoms with Gasteiger partial charge in [0.15, 0.2) is 18.5 Å². The zero-order valence-electron chi connectivity index (χ0n) is 17.4. The van der Waals surface area contributed by atoms with Crippen LogP contribution in [-0.2, 0) is 47.6 Å². The molecule has 0 aromatic heterocycles. The highest BCUT2D eigenvalue weighted by Crippen LogP contribution is 2.28. The smallest absolute Gasteiger partial charge is 0.303 e. The van der Waals surface area contributed by atoms with Crippen LogP contribution in [0.15, 0.2) is 0 Å². The van der Waals surface area contributed by atoms with Gasteiger partial charge in [-0.05, 0) is 0 Å². The first-order valence-corrected chi connectivity index (χ1v) is 9.84. The topological polar surface area (TPSA) is 136 Å². The van der Waals surface area contributed by atoms with Crippen molar-refractivity contribution >= 4 is 35.4 Å². The summed E-state index contributed by atoms with van der Waals surface area (Å²) in [5.41, 5.74) is 0. The molecule has 1 N–H and O–H groups in total. The van der Waals surface area contributed by atoms with Gasteiger partial charge in [0, 0.05) is 33.6 Å². The van der Waals surface area contributed by atoms with Crippen molar-refractivity contribution in [2.45, 2.75) is 58.3 Å². The van der Waals surface area contributed by atoms with Crippen LogP contribution in [0.1, 0.15) is 27.7 Å². The molecule has 0 radical (unpaired) electrons. The van der Waals surface area contributed by atoms with E-state index < -0.39 is 54.5 Å². The van der Waals surface area contributed by atoms with Gasteiger partial charge in [0.2, 0.25) is 5.91 Å². The molecule has 5 atom stereocenters. The second kappa shape index (κ2) is 13.4. The quantitative estimate of drug-likeness (QED) is 0.196. The first kappa shape index (κ1) is 26.1. The van der Waals surface area contributed by atoms with Crippen molar-refractivity contribution in [1.29, 1.82) is 0 Å². The number of carbonyl (C=O) groups excluding carboxylic acids is 4. The third-order valence-electron chi connectivity index (χ3n) is 3.80. The second-order valence-electron chi connectivity index (χ2n) is 6.39. The van der Waals surface area contributed by atoms with Crippen LogP contribution in [0.4, 0.5) is 0 Å². The van der Waals surface area contributed by atoms with Gasteiger partial charge in [-0.3, -0.25) is 19.2 Å². The molecule has 1 saturated heterocycles. The van der Waals surface area contributed by atoms with Crippen molar-refractivity contribution in [2.75, 3.05) is 32.3 Å². The van der Waals surface area contributed by atoms with E-state index in [9.17, 15) is 19.2 Å². The van der Waals surface area contributed by atoms with Crippen LogP contribution in [0, 0.1) is 0 Å². The lowest BCUT2D eigenvalue weighted by molar-refractivity contribution is -0.279. The van der Waals surface area contributed by atoms with E-state index in [2.05, 4.69) is 5.32 Å². The van der Waals surface area contributed by atoms with E-state index in [4.69, 9.17) is 40.0 Å². The van der Waals surface area contributed by atoms with E-state index in [1.165, 1.54) is 20.8 Å². The van der Waals surface area contributed by atoms with Crippen LogP contribution in [0.2, 0.25) is 0 Å². The first-order chi connectivity index (χ1) is 14.1. The summed E-state index contributed by atoms with van der Waals surface area (Å²) in [5, 5.41) is 2.60. The standard InChI is InChI=1S/C18H28ClNO10/c1-10(21)20-15-17(29-13(4)24)16(28-12(3)23)14(9-27-11(2)22)30-18(15)26-8-7-25-6-5-19/h14-18H,5-9H2,1-4H3,(H,20,21). The number of ether oxygens (including phenoxy) is 6. The van der Waals surface area contributed by atoms with Gasteiger partial charge in [0.25, 0.3) is 0 Å². The van der Waals surface area contributed by atoms with Gasteiger partial charge >= 0.3 is 17.9 Å². The van der Waals surface area contributed by atoms with Gasteiger partial charge in [-0.1, -0.05) is 0 Å². The molecule has 0 saturated carbocycles. The molecule has 30 heavy (non-hydrogen) atoms. The normalized spacial score (nSPS) is 25.8. The molecule has 0 spiro atoms. The van der Waals surface area contributed by atoms with Crippen LogP contribution in [-0.4, -0.2) is 86.8 Å². The molecule has 0 aliphatic carbocycles. The zero-order chi connectivity index (χ0) is 22.7. The second-order valence-corrected chi connectivity index (χ2v) is 6.77. The predicted octanol–water partition coefficient (Wildman–Crippen LogP) is -0.0855. The Kier molecular flexibility index (Phi) is 11.6. The molecule has 11 nitrogen and oxygen atoms in total. The summed E-state index contributed by atoms with van der Waals surface area (Å²) >= 11 is 5.54. The Morgan fingerprint density at radius 2 is 1.53 bits per heavy atom. The Hall–Kier alpha value is -1.95. The van der Waals surface area contributed by atoms with E-state index in [0.717, 1.165) is 6.92 Å². The van der Waals surface area contributed by atoms with Gasteiger partial charge in [-0.25, -0.2) is 0 Å². The molecule has 1 heterocycles. The minimum Gasteiger partial charge on any atom is -0.463 e.